The molecule has 1 aromatic heterocycles. The van der Waals surface area contributed by atoms with Crippen LogP contribution in [-0.2, 0) is 0 Å². The van der Waals surface area contributed by atoms with Crippen molar-refractivity contribution in [1.82, 2.24) is 4.98 Å². The van der Waals surface area contributed by atoms with Crippen LogP contribution in [0.2, 0.25) is 0 Å². The summed E-state index contributed by atoms with van der Waals surface area (Å²) in [6.45, 7) is 0.157. The first-order chi connectivity index (χ1) is 6.15. The minimum Gasteiger partial charge on any atom is -0.395 e. The third-order valence-electron chi connectivity index (χ3n) is 1.59. The third kappa shape index (κ3) is 2.35. The van der Waals surface area contributed by atoms with Crippen molar-refractivity contribution in [3.05, 3.63) is 23.9 Å². The van der Waals surface area contributed by atoms with Gasteiger partial charge in [-0.1, -0.05) is 0 Å². The Balaban J connectivity index is 2.88. The summed E-state index contributed by atoms with van der Waals surface area (Å²) in [7, 11) is 1.57. The maximum Gasteiger partial charge on any atom is 0.168 e. The summed E-state index contributed by atoms with van der Waals surface area (Å²) in [4.78, 5) is 4.97. The van der Waals surface area contributed by atoms with Gasteiger partial charge in [-0.3, -0.25) is 0 Å². The third-order valence-corrected chi connectivity index (χ3v) is 1.59. The van der Waals surface area contributed by atoms with E-state index in [9.17, 15) is 8.78 Å². The number of nitrogens with zero attached hydrogens (tertiary/aromatic N) is 2. The van der Waals surface area contributed by atoms with E-state index in [0.717, 1.165) is 12.3 Å². The monoisotopic (exact) mass is 188 g/mol. The van der Waals surface area contributed by atoms with Crippen LogP contribution in [0.5, 0.6) is 0 Å². The molecule has 5 heteroatoms. The number of pyridine rings is 1. The highest BCUT2D eigenvalue weighted by molar-refractivity contribution is 5.38. The lowest BCUT2D eigenvalue weighted by molar-refractivity contribution is 0.303. The molecule has 0 saturated carbocycles. The Morgan fingerprint density at radius 3 is 2.77 bits per heavy atom. The van der Waals surface area contributed by atoms with Gasteiger partial charge in [-0.05, 0) is 0 Å². The number of halogens is 2. The fourth-order valence-corrected chi connectivity index (χ4v) is 0.944. The van der Waals surface area contributed by atoms with Gasteiger partial charge < -0.3 is 10.0 Å². The molecular formula is C8H10F2N2O. The minimum absolute atomic E-state index is 0.0375. The van der Waals surface area contributed by atoms with Gasteiger partial charge in [0.05, 0.1) is 12.8 Å². The van der Waals surface area contributed by atoms with Crippen LogP contribution in [0.4, 0.5) is 14.6 Å². The van der Waals surface area contributed by atoms with Crippen molar-refractivity contribution in [2.24, 2.45) is 0 Å². The molecule has 0 bridgehead atoms. The van der Waals surface area contributed by atoms with E-state index in [1.807, 2.05) is 0 Å². The van der Waals surface area contributed by atoms with Gasteiger partial charge >= 0.3 is 0 Å². The first kappa shape index (κ1) is 9.85. The zero-order valence-electron chi connectivity index (χ0n) is 7.17. The molecule has 1 rings (SSSR count). The molecule has 0 aliphatic heterocycles. The van der Waals surface area contributed by atoms with E-state index in [4.69, 9.17) is 5.11 Å². The summed E-state index contributed by atoms with van der Waals surface area (Å²) in [6.07, 6.45) is 0.937. The molecular weight excluding hydrogens is 178 g/mol. The molecule has 1 aromatic rings. The Kier molecular flexibility index (Phi) is 3.13. The number of likely N-dealkylation sites (N-methyl/N-ethyl adjacent to an activating group) is 1. The lowest BCUT2D eigenvalue weighted by Crippen LogP contribution is -2.23. The number of hydrogen-bond acceptors (Lipinski definition) is 3. The van der Waals surface area contributed by atoms with Crippen LogP contribution < -0.4 is 4.90 Å². The molecule has 0 radical (unpaired) electrons. The van der Waals surface area contributed by atoms with Crippen LogP contribution in [-0.4, -0.2) is 30.3 Å². The summed E-state index contributed by atoms with van der Waals surface area (Å²) in [5, 5.41) is 8.58. The zero-order chi connectivity index (χ0) is 9.84. The highest BCUT2D eigenvalue weighted by Gasteiger charge is 2.09. The van der Waals surface area contributed by atoms with E-state index in [2.05, 4.69) is 4.98 Å². The van der Waals surface area contributed by atoms with Crippen molar-refractivity contribution < 1.29 is 13.9 Å². The number of hydrogen-bond donors (Lipinski definition) is 1. The predicted molar refractivity (Wildman–Crippen MR) is 44.5 cm³/mol. The lowest BCUT2D eigenvalue weighted by Gasteiger charge is -2.16. The summed E-state index contributed by atoms with van der Waals surface area (Å²) in [5.74, 6) is -1.40. The number of aromatic nitrogens is 1. The second-order valence-electron chi connectivity index (χ2n) is 2.60. The van der Waals surface area contributed by atoms with E-state index >= 15 is 0 Å². The Hall–Kier alpha value is -1.23. The van der Waals surface area contributed by atoms with Crippen LogP contribution in [0.15, 0.2) is 12.3 Å². The molecule has 0 atom stereocenters. The number of rotatable bonds is 3. The van der Waals surface area contributed by atoms with Crippen LogP contribution >= 0.6 is 0 Å². The molecule has 0 spiro atoms. The first-order valence-electron chi connectivity index (χ1n) is 3.78. The van der Waals surface area contributed by atoms with Crippen LogP contribution in [0.25, 0.3) is 0 Å². The van der Waals surface area contributed by atoms with E-state index < -0.39 is 11.6 Å². The van der Waals surface area contributed by atoms with Crippen molar-refractivity contribution in [3.8, 4) is 0 Å². The van der Waals surface area contributed by atoms with Crippen molar-refractivity contribution >= 4 is 5.82 Å². The summed E-state index contributed by atoms with van der Waals surface area (Å²) < 4.78 is 25.4. The van der Waals surface area contributed by atoms with Crippen LogP contribution in [0.3, 0.4) is 0 Å². The summed E-state index contributed by atoms with van der Waals surface area (Å²) in [5.41, 5.74) is 0. The Morgan fingerprint density at radius 1 is 1.54 bits per heavy atom. The van der Waals surface area contributed by atoms with Gasteiger partial charge in [0.1, 0.15) is 5.82 Å². The molecule has 0 aliphatic carbocycles. The number of aliphatic hydroxyl groups is 1. The average molecular weight is 188 g/mol. The maximum atomic E-state index is 13.0. The van der Waals surface area contributed by atoms with E-state index in [1.54, 1.807) is 7.05 Å². The molecule has 3 nitrogen and oxygen atoms in total. The molecule has 0 saturated heterocycles. The van der Waals surface area contributed by atoms with Gasteiger partial charge in [0, 0.05) is 19.7 Å². The van der Waals surface area contributed by atoms with Crippen LogP contribution in [0.1, 0.15) is 0 Å². The summed E-state index contributed by atoms with van der Waals surface area (Å²) in [6, 6.07) is 0.760. The predicted octanol–water partition coefficient (Wildman–Crippen LogP) is 0.788. The Morgan fingerprint density at radius 2 is 2.23 bits per heavy atom. The van der Waals surface area contributed by atoms with Crippen molar-refractivity contribution in [3.63, 3.8) is 0 Å². The van der Waals surface area contributed by atoms with E-state index in [-0.39, 0.29) is 19.0 Å². The quantitative estimate of drug-likeness (QED) is 0.761. The molecule has 0 aliphatic rings. The van der Waals surface area contributed by atoms with Crippen molar-refractivity contribution in [1.29, 1.82) is 0 Å². The summed E-state index contributed by atoms with van der Waals surface area (Å²) >= 11 is 0. The van der Waals surface area contributed by atoms with Gasteiger partial charge in [0.15, 0.2) is 11.6 Å². The fourth-order valence-electron chi connectivity index (χ4n) is 0.944. The van der Waals surface area contributed by atoms with E-state index in [1.165, 1.54) is 4.90 Å². The fraction of sp³-hybridized carbons (Fsp3) is 0.375. The smallest absolute Gasteiger partial charge is 0.168 e. The molecule has 1 heterocycles. The average Bonchev–Trinajstić information content (AvgIpc) is 2.04. The minimum atomic E-state index is -0.726. The normalized spacial score (nSPS) is 10.2. The highest BCUT2D eigenvalue weighted by atomic mass is 19.1. The van der Waals surface area contributed by atoms with Crippen molar-refractivity contribution in [2.75, 3.05) is 25.1 Å². The largest absolute Gasteiger partial charge is 0.395 e. The highest BCUT2D eigenvalue weighted by Crippen LogP contribution is 2.14. The van der Waals surface area contributed by atoms with Gasteiger partial charge in [-0.25, -0.2) is 13.8 Å². The van der Waals surface area contributed by atoms with Crippen molar-refractivity contribution in [2.45, 2.75) is 0 Å². The Labute approximate surface area is 74.6 Å². The Bertz CT molecular complexity index is 293. The molecule has 1 N–H and O–H groups in total. The number of aliphatic hydroxyl groups excluding tert-OH is 1. The first-order valence-corrected chi connectivity index (χ1v) is 3.78. The zero-order valence-corrected chi connectivity index (χ0v) is 7.17. The second-order valence-corrected chi connectivity index (χ2v) is 2.60. The standard InChI is InChI=1S/C8H10F2N2O/c1-12(2-3-13)8-7(10)4-6(9)5-11-8/h4-5,13H,2-3H2,1H3. The topological polar surface area (TPSA) is 36.4 Å². The molecule has 0 unspecified atom stereocenters. The maximum absolute atomic E-state index is 13.0. The van der Waals surface area contributed by atoms with Gasteiger partial charge in [-0.15, -0.1) is 0 Å². The second kappa shape index (κ2) is 4.13. The molecule has 72 valence electrons. The van der Waals surface area contributed by atoms with E-state index in [0.29, 0.717) is 0 Å². The van der Waals surface area contributed by atoms with Gasteiger partial charge in [0.2, 0.25) is 0 Å². The van der Waals surface area contributed by atoms with Crippen LogP contribution in [0, 0.1) is 11.6 Å². The van der Waals surface area contributed by atoms with Gasteiger partial charge in [0.25, 0.3) is 0 Å². The SMILES string of the molecule is CN(CCO)c1ncc(F)cc1F. The number of anilines is 1. The lowest BCUT2D eigenvalue weighted by atomic mass is 10.4. The molecule has 0 aromatic carbocycles. The molecule has 13 heavy (non-hydrogen) atoms. The molecule has 0 amide bonds. The van der Waals surface area contributed by atoms with Gasteiger partial charge in [-0.2, -0.15) is 0 Å². The molecule has 0 fully saturated rings.